The summed E-state index contributed by atoms with van der Waals surface area (Å²) < 4.78 is 16.8. The van der Waals surface area contributed by atoms with Crippen molar-refractivity contribution in [2.45, 2.75) is 32.4 Å². The second kappa shape index (κ2) is 7.36. The minimum atomic E-state index is 0.140. The molecule has 0 bridgehead atoms. The molecule has 1 aromatic carbocycles. The van der Waals surface area contributed by atoms with Crippen LogP contribution in [0, 0.1) is 0 Å². The molecule has 0 radical (unpaired) electrons. The molecule has 0 aliphatic carbocycles. The van der Waals surface area contributed by atoms with Crippen molar-refractivity contribution in [3.8, 4) is 11.5 Å². The molecule has 0 amide bonds. The predicted molar refractivity (Wildman–Crippen MR) is 74.8 cm³/mol. The van der Waals surface area contributed by atoms with E-state index in [-0.39, 0.29) is 6.10 Å². The van der Waals surface area contributed by atoms with Gasteiger partial charge in [-0.05, 0) is 19.0 Å². The van der Waals surface area contributed by atoms with Crippen LogP contribution in [-0.4, -0.2) is 33.0 Å². The molecule has 0 saturated carbocycles. The topological polar surface area (TPSA) is 39.7 Å². The molecule has 2 rings (SSSR count). The molecule has 1 N–H and O–H groups in total. The maximum Gasteiger partial charge on any atom is 0.166 e. The Bertz CT molecular complexity index is 389. The molecule has 1 aliphatic rings. The van der Waals surface area contributed by atoms with E-state index in [1.165, 1.54) is 0 Å². The SMILES string of the molecule is CCCNCc1cccc(OC)c1OC1CCOC1. The van der Waals surface area contributed by atoms with Crippen molar-refractivity contribution < 1.29 is 14.2 Å². The Labute approximate surface area is 115 Å². The van der Waals surface area contributed by atoms with Gasteiger partial charge in [0.1, 0.15) is 6.10 Å². The number of para-hydroxylation sites is 1. The molecule has 19 heavy (non-hydrogen) atoms. The van der Waals surface area contributed by atoms with Crippen molar-refractivity contribution >= 4 is 0 Å². The first-order valence-corrected chi connectivity index (χ1v) is 6.96. The Morgan fingerprint density at radius 1 is 1.42 bits per heavy atom. The van der Waals surface area contributed by atoms with Crippen LogP contribution in [0.3, 0.4) is 0 Å². The van der Waals surface area contributed by atoms with Gasteiger partial charge in [-0.2, -0.15) is 0 Å². The van der Waals surface area contributed by atoms with Gasteiger partial charge in [-0.1, -0.05) is 19.1 Å². The summed E-state index contributed by atoms with van der Waals surface area (Å²) in [5.74, 6) is 1.65. The van der Waals surface area contributed by atoms with Gasteiger partial charge in [-0.25, -0.2) is 0 Å². The van der Waals surface area contributed by atoms with Crippen molar-refractivity contribution in [2.24, 2.45) is 0 Å². The van der Waals surface area contributed by atoms with E-state index in [0.29, 0.717) is 6.61 Å². The van der Waals surface area contributed by atoms with E-state index in [9.17, 15) is 0 Å². The van der Waals surface area contributed by atoms with Gasteiger partial charge in [0.05, 0.1) is 20.3 Å². The van der Waals surface area contributed by atoms with Gasteiger partial charge in [0.15, 0.2) is 11.5 Å². The summed E-state index contributed by atoms with van der Waals surface area (Å²) in [6.45, 7) is 5.41. The maximum absolute atomic E-state index is 6.07. The zero-order valence-electron chi connectivity index (χ0n) is 11.8. The molecule has 0 spiro atoms. The first-order valence-electron chi connectivity index (χ1n) is 6.96. The lowest BCUT2D eigenvalue weighted by atomic mass is 10.1. The van der Waals surface area contributed by atoms with E-state index in [4.69, 9.17) is 14.2 Å². The van der Waals surface area contributed by atoms with E-state index in [0.717, 1.165) is 49.6 Å². The summed E-state index contributed by atoms with van der Waals surface area (Å²) in [7, 11) is 1.68. The van der Waals surface area contributed by atoms with Crippen molar-refractivity contribution in [3.05, 3.63) is 23.8 Å². The van der Waals surface area contributed by atoms with Crippen LogP contribution in [0.15, 0.2) is 18.2 Å². The molecule has 1 atom stereocenters. The standard InChI is InChI=1S/C15H23NO3/c1-3-8-16-10-12-5-4-6-14(17-2)15(12)19-13-7-9-18-11-13/h4-6,13,16H,3,7-11H2,1-2H3. The molecule has 1 fully saturated rings. The maximum atomic E-state index is 6.07. The average Bonchev–Trinajstić information content (AvgIpc) is 2.93. The summed E-state index contributed by atoms with van der Waals surface area (Å²) in [6.07, 6.45) is 2.21. The van der Waals surface area contributed by atoms with Crippen LogP contribution >= 0.6 is 0 Å². The van der Waals surface area contributed by atoms with Gasteiger partial charge in [0.2, 0.25) is 0 Å². The minimum absolute atomic E-state index is 0.140. The minimum Gasteiger partial charge on any atom is -0.493 e. The predicted octanol–water partition coefficient (Wildman–Crippen LogP) is 2.36. The van der Waals surface area contributed by atoms with E-state index in [1.807, 2.05) is 12.1 Å². The van der Waals surface area contributed by atoms with Crippen LogP contribution in [-0.2, 0) is 11.3 Å². The van der Waals surface area contributed by atoms with E-state index < -0.39 is 0 Å². The van der Waals surface area contributed by atoms with Crippen LogP contribution in [0.25, 0.3) is 0 Å². The lowest BCUT2D eigenvalue weighted by molar-refractivity contribution is 0.138. The van der Waals surface area contributed by atoms with Crippen molar-refractivity contribution in [2.75, 3.05) is 26.9 Å². The Kier molecular flexibility index (Phi) is 5.48. The van der Waals surface area contributed by atoms with Crippen LogP contribution in [0.4, 0.5) is 0 Å². The van der Waals surface area contributed by atoms with E-state index in [1.54, 1.807) is 7.11 Å². The zero-order chi connectivity index (χ0) is 13.5. The van der Waals surface area contributed by atoms with Crippen LogP contribution in [0.2, 0.25) is 0 Å². The Morgan fingerprint density at radius 3 is 3.00 bits per heavy atom. The number of methoxy groups -OCH3 is 1. The number of benzene rings is 1. The summed E-state index contributed by atoms with van der Waals surface area (Å²) >= 11 is 0. The average molecular weight is 265 g/mol. The second-order valence-corrected chi connectivity index (χ2v) is 4.73. The quantitative estimate of drug-likeness (QED) is 0.768. The van der Waals surface area contributed by atoms with Crippen molar-refractivity contribution in [1.29, 1.82) is 0 Å². The number of hydrogen-bond donors (Lipinski definition) is 1. The molecular formula is C15H23NO3. The smallest absolute Gasteiger partial charge is 0.166 e. The molecule has 4 heteroatoms. The van der Waals surface area contributed by atoms with Gasteiger partial charge in [0.25, 0.3) is 0 Å². The lowest BCUT2D eigenvalue weighted by Gasteiger charge is -2.18. The van der Waals surface area contributed by atoms with E-state index in [2.05, 4.69) is 18.3 Å². The fourth-order valence-electron chi connectivity index (χ4n) is 2.17. The zero-order valence-corrected chi connectivity index (χ0v) is 11.8. The fraction of sp³-hybridized carbons (Fsp3) is 0.600. The first-order chi connectivity index (χ1) is 9.35. The monoisotopic (exact) mass is 265 g/mol. The second-order valence-electron chi connectivity index (χ2n) is 4.73. The number of nitrogens with one attached hydrogen (secondary N) is 1. The van der Waals surface area contributed by atoms with Gasteiger partial charge in [-0.15, -0.1) is 0 Å². The molecule has 106 valence electrons. The summed E-state index contributed by atoms with van der Waals surface area (Å²) in [5.41, 5.74) is 1.14. The van der Waals surface area contributed by atoms with Crippen molar-refractivity contribution in [1.82, 2.24) is 5.32 Å². The van der Waals surface area contributed by atoms with Crippen molar-refractivity contribution in [3.63, 3.8) is 0 Å². The Morgan fingerprint density at radius 2 is 2.32 bits per heavy atom. The van der Waals surface area contributed by atoms with Gasteiger partial charge in [0, 0.05) is 18.5 Å². The van der Waals surface area contributed by atoms with Crippen LogP contribution < -0.4 is 14.8 Å². The highest BCUT2D eigenvalue weighted by Gasteiger charge is 2.20. The Balaban J connectivity index is 2.10. The third-order valence-corrected chi connectivity index (χ3v) is 3.20. The van der Waals surface area contributed by atoms with Gasteiger partial charge in [-0.3, -0.25) is 0 Å². The van der Waals surface area contributed by atoms with Crippen LogP contribution in [0.5, 0.6) is 11.5 Å². The highest BCUT2D eigenvalue weighted by molar-refractivity contribution is 5.46. The molecule has 1 saturated heterocycles. The highest BCUT2D eigenvalue weighted by Crippen LogP contribution is 2.33. The largest absolute Gasteiger partial charge is 0.493 e. The lowest BCUT2D eigenvalue weighted by Crippen LogP contribution is -2.19. The first kappa shape index (κ1) is 14.2. The highest BCUT2D eigenvalue weighted by atomic mass is 16.6. The summed E-state index contributed by atoms with van der Waals surface area (Å²) in [6, 6.07) is 6.02. The normalized spacial score (nSPS) is 18.5. The summed E-state index contributed by atoms with van der Waals surface area (Å²) in [4.78, 5) is 0. The molecule has 1 unspecified atom stereocenters. The molecule has 1 aromatic rings. The number of hydrogen-bond acceptors (Lipinski definition) is 4. The summed E-state index contributed by atoms with van der Waals surface area (Å²) in [5, 5.41) is 3.40. The molecule has 4 nitrogen and oxygen atoms in total. The molecule has 0 aromatic heterocycles. The van der Waals surface area contributed by atoms with E-state index >= 15 is 0 Å². The molecular weight excluding hydrogens is 242 g/mol. The third kappa shape index (κ3) is 3.85. The van der Waals surface area contributed by atoms with Gasteiger partial charge >= 0.3 is 0 Å². The molecule has 1 heterocycles. The third-order valence-electron chi connectivity index (χ3n) is 3.20. The number of ether oxygens (including phenoxy) is 3. The van der Waals surface area contributed by atoms with Gasteiger partial charge < -0.3 is 19.5 Å². The van der Waals surface area contributed by atoms with Crippen LogP contribution in [0.1, 0.15) is 25.3 Å². The Hall–Kier alpha value is -1.26. The fourth-order valence-corrected chi connectivity index (χ4v) is 2.17. The molecule has 1 aliphatic heterocycles. The number of rotatable bonds is 7.